The Morgan fingerprint density at radius 2 is 1.69 bits per heavy atom. The van der Waals surface area contributed by atoms with Crippen LogP contribution in [0.2, 0.25) is 0 Å². The summed E-state index contributed by atoms with van der Waals surface area (Å²) >= 11 is 0. The molecule has 0 saturated carbocycles. The van der Waals surface area contributed by atoms with Gasteiger partial charge in [-0.05, 0) is 26.2 Å². The topological polar surface area (TPSA) is 38.7 Å². The first-order valence-electron chi connectivity index (χ1n) is 4.76. The van der Waals surface area contributed by atoms with Gasteiger partial charge in [-0.3, -0.25) is 0 Å². The number of hydrogen-bond donors (Lipinski definition) is 1. The van der Waals surface area contributed by atoms with Crippen LogP contribution in [0.15, 0.2) is 0 Å². The number of methoxy groups -OCH3 is 1. The number of ether oxygens (including phenoxy) is 2. The van der Waals surface area contributed by atoms with Crippen molar-refractivity contribution in [2.75, 3.05) is 14.2 Å². The molecule has 13 heavy (non-hydrogen) atoms. The quantitative estimate of drug-likeness (QED) is 0.628. The Labute approximate surface area is 81.0 Å². The van der Waals surface area contributed by atoms with E-state index in [2.05, 4.69) is 18.6 Å². The van der Waals surface area contributed by atoms with Crippen LogP contribution >= 0.6 is 0 Å². The Hall–Kier alpha value is -0.120. The maximum Gasteiger partial charge on any atom is 0.0825 e. The first-order valence-corrected chi connectivity index (χ1v) is 4.76. The number of rotatable bonds is 0. The van der Waals surface area contributed by atoms with E-state index in [1.807, 2.05) is 6.92 Å². The molecule has 0 aliphatic carbocycles. The summed E-state index contributed by atoms with van der Waals surface area (Å²) in [5, 5.41) is 9.44. The van der Waals surface area contributed by atoms with Gasteiger partial charge in [0.1, 0.15) is 0 Å². The predicted octanol–water partition coefficient (Wildman–Crippen LogP) is 1.44. The smallest absolute Gasteiger partial charge is 0.0825 e. The summed E-state index contributed by atoms with van der Waals surface area (Å²) in [6.45, 7) is 6.05. The summed E-state index contributed by atoms with van der Waals surface area (Å²) in [4.78, 5) is 0. The van der Waals surface area contributed by atoms with Crippen LogP contribution in [0.5, 0.6) is 0 Å². The molecule has 1 N–H and O–H groups in total. The van der Waals surface area contributed by atoms with E-state index in [0.29, 0.717) is 12.0 Å². The van der Waals surface area contributed by atoms with Crippen molar-refractivity contribution in [2.24, 2.45) is 5.92 Å². The normalized spacial score (nSPS) is 39.2. The van der Waals surface area contributed by atoms with Crippen molar-refractivity contribution >= 4 is 0 Å². The van der Waals surface area contributed by atoms with Gasteiger partial charge in [-0.25, -0.2) is 0 Å². The fourth-order valence-electron chi connectivity index (χ4n) is 1.63. The highest BCUT2D eigenvalue weighted by Crippen LogP contribution is 2.24. The van der Waals surface area contributed by atoms with E-state index in [-0.39, 0.29) is 12.2 Å². The molecule has 1 fully saturated rings. The first kappa shape index (κ1) is 12.9. The average Bonchev–Trinajstić information content (AvgIpc) is 2.01. The van der Waals surface area contributed by atoms with Crippen molar-refractivity contribution < 1.29 is 14.6 Å². The third-order valence-corrected chi connectivity index (χ3v) is 2.21. The van der Waals surface area contributed by atoms with Crippen LogP contribution in [0.25, 0.3) is 0 Å². The average molecular weight is 190 g/mol. The van der Waals surface area contributed by atoms with Crippen LogP contribution in [0, 0.1) is 5.92 Å². The van der Waals surface area contributed by atoms with Crippen molar-refractivity contribution in [1.82, 2.24) is 0 Å². The zero-order chi connectivity index (χ0) is 10.4. The number of aliphatic hydroxyl groups excluding tert-OH is 1. The third kappa shape index (κ3) is 4.60. The van der Waals surface area contributed by atoms with Crippen molar-refractivity contribution in [3.05, 3.63) is 0 Å². The van der Waals surface area contributed by atoms with E-state index in [1.165, 1.54) is 0 Å². The minimum absolute atomic E-state index is 0.0127. The van der Waals surface area contributed by atoms with E-state index >= 15 is 0 Å². The number of hydrogen-bond acceptors (Lipinski definition) is 3. The molecule has 1 saturated heterocycles. The van der Waals surface area contributed by atoms with E-state index in [1.54, 1.807) is 14.2 Å². The molecule has 0 unspecified atom stereocenters. The lowest BCUT2D eigenvalue weighted by Crippen LogP contribution is -2.41. The Balaban J connectivity index is 0.000000424. The van der Waals surface area contributed by atoms with Crippen molar-refractivity contribution in [3.63, 3.8) is 0 Å². The lowest BCUT2D eigenvalue weighted by molar-refractivity contribution is -0.126. The molecule has 1 aliphatic rings. The predicted molar refractivity (Wildman–Crippen MR) is 52.7 cm³/mol. The molecule has 0 amide bonds. The Kier molecular flexibility index (Phi) is 6.29. The molecule has 80 valence electrons. The zero-order valence-corrected chi connectivity index (χ0v) is 9.28. The molecule has 4 atom stereocenters. The molecule has 1 aliphatic heterocycles. The Bertz CT molecular complexity index is 115. The van der Waals surface area contributed by atoms with Gasteiger partial charge in [-0.2, -0.15) is 0 Å². The maximum absolute atomic E-state index is 9.44. The Morgan fingerprint density at radius 3 is 2.08 bits per heavy atom. The maximum atomic E-state index is 9.44. The highest BCUT2D eigenvalue weighted by Gasteiger charge is 2.29. The molecule has 1 heterocycles. The second kappa shape index (κ2) is 6.35. The molecule has 0 aromatic rings. The van der Waals surface area contributed by atoms with Gasteiger partial charge in [0.25, 0.3) is 0 Å². The summed E-state index contributed by atoms with van der Waals surface area (Å²) in [6.07, 6.45) is 1.04. The second-order valence-electron chi connectivity index (χ2n) is 3.76. The molecule has 0 radical (unpaired) electrons. The number of aliphatic hydroxyl groups is 1. The van der Waals surface area contributed by atoms with E-state index in [0.717, 1.165) is 6.42 Å². The van der Waals surface area contributed by atoms with Gasteiger partial charge >= 0.3 is 0 Å². The molecule has 3 heteroatoms. The summed E-state index contributed by atoms with van der Waals surface area (Å²) in [7, 11) is 3.25. The highest BCUT2D eigenvalue weighted by molar-refractivity contribution is 4.78. The summed E-state index contributed by atoms with van der Waals surface area (Å²) < 4.78 is 9.67. The molecule has 3 nitrogen and oxygen atoms in total. The lowest BCUT2D eigenvalue weighted by atomic mass is 9.92. The molecule has 1 rings (SSSR count). The molecule has 0 bridgehead atoms. The molecular weight excluding hydrogens is 168 g/mol. The van der Waals surface area contributed by atoms with Crippen LogP contribution in [0.1, 0.15) is 27.2 Å². The summed E-state index contributed by atoms with van der Waals surface area (Å²) in [5.41, 5.74) is 0. The van der Waals surface area contributed by atoms with Crippen LogP contribution < -0.4 is 0 Å². The van der Waals surface area contributed by atoms with E-state index in [9.17, 15) is 5.11 Å². The van der Waals surface area contributed by atoms with E-state index < -0.39 is 0 Å². The van der Waals surface area contributed by atoms with Gasteiger partial charge in [0.15, 0.2) is 0 Å². The molecule has 0 aromatic heterocycles. The van der Waals surface area contributed by atoms with Crippen molar-refractivity contribution in [3.8, 4) is 0 Å². The third-order valence-electron chi connectivity index (χ3n) is 2.21. The molecule has 0 aromatic carbocycles. The van der Waals surface area contributed by atoms with Gasteiger partial charge in [-0.15, -0.1) is 0 Å². The molecule has 0 spiro atoms. The fourth-order valence-corrected chi connectivity index (χ4v) is 1.63. The monoisotopic (exact) mass is 190 g/mol. The van der Waals surface area contributed by atoms with Crippen LogP contribution in [-0.2, 0) is 9.47 Å². The molecular formula is C10H22O3. The summed E-state index contributed by atoms with van der Waals surface area (Å²) in [6, 6.07) is 0. The largest absolute Gasteiger partial charge is 0.390 e. The van der Waals surface area contributed by atoms with Gasteiger partial charge in [0, 0.05) is 14.2 Å². The second-order valence-corrected chi connectivity index (χ2v) is 3.76. The highest BCUT2D eigenvalue weighted by atomic mass is 16.5. The minimum Gasteiger partial charge on any atom is -0.390 e. The van der Waals surface area contributed by atoms with Crippen LogP contribution in [0.4, 0.5) is 0 Å². The van der Waals surface area contributed by atoms with Gasteiger partial charge < -0.3 is 14.6 Å². The minimum atomic E-state index is -0.267. The van der Waals surface area contributed by atoms with Crippen molar-refractivity contribution in [2.45, 2.75) is 45.5 Å². The van der Waals surface area contributed by atoms with Crippen molar-refractivity contribution in [1.29, 1.82) is 0 Å². The SMILES string of the molecule is COC.C[C@@H]1O[C@@H](C)C[C@H](C)[C@H]1O. The van der Waals surface area contributed by atoms with E-state index in [4.69, 9.17) is 4.74 Å². The lowest BCUT2D eigenvalue weighted by Gasteiger charge is -2.34. The van der Waals surface area contributed by atoms with Gasteiger partial charge in [0.2, 0.25) is 0 Å². The summed E-state index contributed by atoms with van der Waals surface area (Å²) in [5.74, 6) is 0.388. The fraction of sp³-hybridized carbons (Fsp3) is 1.00. The van der Waals surface area contributed by atoms with Crippen LogP contribution in [0.3, 0.4) is 0 Å². The van der Waals surface area contributed by atoms with Gasteiger partial charge in [0.05, 0.1) is 18.3 Å². The Morgan fingerprint density at radius 1 is 1.23 bits per heavy atom. The van der Waals surface area contributed by atoms with Gasteiger partial charge in [-0.1, -0.05) is 6.92 Å². The zero-order valence-electron chi connectivity index (χ0n) is 9.28. The first-order chi connectivity index (χ1) is 6.02. The standard InChI is InChI=1S/C8H16O2.C2H6O/c1-5-4-6(2)10-7(3)8(5)9;1-3-2/h5-9H,4H2,1-3H3;1-2H3/t5-,6-,7-,8+;/m0./s1. The van der Waals surface area contributed by atoms with Crippen LogP contribution in [-0.4, -0.2) is 37.6 Å².